The Morgan fingerprint density at radius 2 is 1.79 bits per heavy atom. The molecule has 2 aromatic carbocycles. The summed E-state index contributed by atoms with van der Waals surface area (Å²) in [6.45, 7) is 3.71. The van der Waals surface area contributed by atoms with Crippen LogP contribution < -0.4 is 4.72 Å². The van der Waals surface area contributed by atoms with Crippen molar-refractivity contribution in [2.75, 3.05) is 12.8 Å². The average molecular weight is 505 g/mol. The Balaban J connectivity index is 2.02. The number of nitrogens with one attached hydrogen (secondary N) is 1. The van der Waals surface area contributed by atoms with Gasteiger partial charge in [0.2, 0.25) is 0 Å². The number of benzene rings is 2. The summed E-state index contributed by atoms with van der Waals surface area (Å²) in [4.78, 5) is 13.5. The highest BCUT2D eigenvalue weighted by molar-refractivity contribution is 7.82. The molecule has 1 heterocycles. The second-order valence-electron chi connectivity index (χ2n) is 9.13. The molecule has 5 nitrogen and oxygen atoms in total. The van der Waals surface area contributed by atoms with E-state index in [0.29, 0.717) is 6.07 Å². The summed E-state index contributed by atoms with van der Waals surface area (Å²) >= 11 is 0. The number of likely N-dealkylation sites (tertiary alicyclic amines) is 1. The average Bonchev–Trinajstić information content (AvgIpc) is 2.91. The molecule has 1 aliphatic heterocycles. The normalized spacial score (nSPS) is 20.9. The molecule has 0 aliphatic carbocycles. The van der Waals surface area contributed by atoms with E-state index in [2.05, 4.69) is 4.72 Å². The molecule has 3 atom stereocenters. The minimum absolute atomic E-state index is 0.0629. The summed E-state index contributed by atoms with van der Waals surface area (Å²) in [6, 6.07) is 3.53. The molecule has 1 N–H and O–H groups in total. The summed E-state index contributed by atoms with van der Waals surface area (Å²) in [5.74, 6) is -6.15. The second kappa shape index (κ2) is 9.61. The van der Waals surface area contributed by atoms with Crippen LogP contribution in [0, 0.1) is 17.5 Å². The van der Waals surface area contributed by atoms with E-state index in [0.717, 1.165) is 17.0 Å². The summed E-state index contributed by atoms with van der Waals surface area (Å²) in [5.41, 5.74) is -1.23. The van der Waals surface area contributed by atoms with Crippen LogP contribution in [-0.4, -0.2) is 51.6 Å². The third kappa shape index (κ3) is 5.93. The minimum Gasteiger partial charge on any atom is -0.444 e. The smallest absolute Gasteiger partial charge is 0.410 e. The van der Waals surface area contributed by atoms with E-state index in [1.807, 2.05) is 0 Å². The van der Waals surface area contributed by atoms with Crippen molar-refractivity contribution in [2.24, 2.45) is 0 Å². The minimum atomic E-state index is -3.48. The van der Waals surface area contributed by atoms with Crippen molar-refractivity contribution in [3.05, 3.63) is 59.4 Å². The van der Waals surface area contributed by atoms with Crippen LogP contribution in [0.2, 0.25) is 0 Å². The van der Waals surface area contributed by atoms with Gasteiger partial charge in [0, 0.05) is 17.9 Å². The summed E-state index contributed by atoms with van der Waals surface area (Å²) in [5, 5.41) is 0. The van der Waals surface area contributed by atoms with Crippen molar-refractivity contribution < 1.29 is 35.7 Å². The van der Waals surface area contributed by atoms with Crippen LogP contribution in [0.4, 0.5) is 26.7 Å². The van der Waals surface area contributed by atoms with Crippen molar-refractivity contribution in [3.8, 4) is 11.1 Å². The van der Waals surface area contributed by atoms with Crippen molar-refractivity contribution >= 4 is 17.1 Å². The number of carbonyl (C=O) groups is 1. The van der Waals surface area contributed by atoms with Crippen LogP contribution >= 0.6 is 0 Å². The van der Waals surface area contributed by atoms with Crippen molar-refractivity contribution in [1.82, 2.24) is 9.62 Å². The highest BCUT2D eigenvalue weighted by Gasteiger charge is 2.57. The Bertz CT molecular complexity index is 1090. The molecule has 186 valence electrons. The topological polar surface area (TPSA) is 58.6 Å². The molecular weight excluding hydrogens is 479 g/mol. The monoisotopic (exact) mass is 504 g/mol. The van der Waals surface area contributed by atoms with Crippen LogP contribution in [0.15, 0.2) is 36.4 Å². The van der Waals surface area contributed by atoms with Crippen LogP contribution in [0.5, 0.6) is 0 Å². The van der Waals surface area contributed by atoms with Crippen molar-refractivity contribution in [2.45, 2.75) is 50.8 Å². The lowest BCUT2D eigenvalue weighted by atomic mass is 9.95. The molecular formula is C23H25F5N2O3S. The third-order valence-corrected chi connectivity index (χ3v) is 5.81. The van der Waals surface area contributed by atoms with Gasteiger partial charge < -0.3 is 4.74 Å². The Morgan fingerprint density at radius 1 is 1.18 bits per heavy atom. The number of carbonyl (C=O) groups excluding carboxylic acids is 1. The molecule has 0 radical (unpaired) electrons. The first-order valence-electron chi connectivity index (χ1n) is 10.4. The van der Waals surface area contributed by atoms with Gasteiger partial charge in [-0.3, -0.25) is 4.90 Å². The Kier molecular flexibility index (Phi) is 7.37. The highest BCUT2D eigenvalue weighted by atomic mass is 32.2. The lowest BCUT2D eigenvalue weighted by molar-refractivity contribution is -0.0120. The number of halogens is 5. The van der Waals surface area contributed by atoms with Crippen LogP contribution in [0.1, 0.15) is 26.3 Å². The molecule has 0 aromatic heterocycles. The van der Waals surface area contributed by atoms with Gasteiger partial charge in [-0.2, -0.15) is 0 Å². The maximum Gasteiger partial charge on any atom is 0.410 e. The number of ether oxygens (including phenoxy) is 1. The van der Waals surface area contributed by atoms with E-state index in [1.54, 1.807) is 20.8 Å². The lowest BCUT2D eigenvalue weighted by Gasteiger charge is -2.30. The van der Waals surface area contributed by atoms with Gasteiger partial charge in [-0.05, 0) is 50.5 Å². The number of rotatable bonds is 5. The molecule has 1 aliphatic rings. The summed E-state index contributed by atoms with van der Waals surface area (Å²) in [7, 11) is -1.86. The first-order chi connectivity index (χ1) is 15.7. The fraction of sp³-hybridized carbons (Fsp3) is 0.435. The van der Waals surface area contributed by atoms with Gasteiger partial charge in [-0.15, -0.1) is 0 Å². The van der Waals surface area contributed by atoms with Crippen molar-refractivity contribution in [3.63, 3.8) is 0 Å². The fourth-order valence-electron chi connectivity index (χ4n) is 3.89. The first kappa shape index (κ1) is 26.1. The van der Waals surface area contributed by atoms with Gasteiger partial charge in [0.05, 0.1) is 23.6 Å². The van der Waals surface area contributed by atoms with Gasteiger partial charge in [-0.25, -0.2) is 35.7 Å². The van der Waals surface area contributed by atoms with E-state index in [1.165, 1.54) is 24.5 Å². The van der Waals surface area contributed by atoms with Crippen LogP contribution in [0.3, 0.4) is 0 Å². The standard InChI is InChI=1S/C23H25F5N2O3S/c1-22(2,3)33-21(31)30-12-23(27,28)20(29-34(4)32)18(30)10-13-6-5-7-17(19(13)26)14-8-15(24)11-16(25)9-14/h5-9,11,18,20,29H,10,12H2,1-4H3/t18-,20+,34?/m0/s1. The number of hydrogen-bond donors (Lipinski definition) is 1. The molecule has 1 fully saturated rings. The van der Waals surface area contributed by atoms with Gasteiger partial charge in [0.25, 0.3) is 5.92 Å². The maximum absolute atomic E-state index is 15.4. The van der Waals surface area contributed by atoms with Gasteiger partial charge >= 0.3 is 6.09 Å². The Hall–Kier alpha value is -2.53. The van der Waals surface area contributed by atoms with Crippen LogP contribution in [-0.2, 0) is 22.1 Å². The predicted molar refractivity (Wildman–Crippen MR) is 118 cm³/mol. The molecule has 1 unspecified atom stereocenters. The van der Waals surface area contributed by atoms with Crippen molar-refractivity contribution in [1.29, 1.82) is 0 Å². The number of alkyl halides is 2. The molecule has 2 aromatic rings. The van der Waals surface area contributed by atoms with E-state index in [9.17, 15) is 26.6 Å². The molecule has 3 rings (SSSR count). The first-order valence-corrected chi connectivity index (χ1v) is 11.9. The molecule has 11 heteroatoms. The molecule has 1 saturated heterocycles. The van der Waals surface area contributed by atoms with E-state index < -0.39 is 64.7 Å². The zero-order valence-corrected chi connectivity index (χ0v) is 19.8. The molecule has 34 heavy (non-hydrogen) atoms. The molecule has 0 saturated carbocycles. The Labute approximate surface area is 196 Å². The second-order valence-corrected chi connectivity index (χ2v) is 10.3. The predicted octanol–water partition coefficient (Wildman–Crippen LogP) is 4.82. The molecule has 0 spiro atoms. The number of nitrogens with zero attached hydrogens (tertiary/aromatic N) is 1. The zero-order valence-electron chi connectivity index (χ0n) is 19.0. The molecule has 1 amide bonds. The number of amides is 1. The third-order valence-electron chi connectivity index (χ3n) is 5.22. The lowest BCUT2D eigenvalue weighted by Crippen LogP contribution is -2.51. The van der Waals surface area contributed by atoms with Gasteiger partial charge in [0.15, 0.2) is 0 Å². The molecule has 0 bridgehead atoms. The fourth-order valence-corrected chi connectivity index (χ4v) is 4.58. The van der Waals surface area contributed by atoms with Gasteiger partial charge in [0.1, 0.15) is 29.1 Å². The highest BCUT2D eigenvalue weighted by Crippen LogP contribution is 2.37. The number of hydrogen-bond acceptors (Lipinski definition) is 3. The zero-order chi connectivity index (χ0) is 25.4. The van der Waals surface area contributed by atoms with Crippen LogP contribution in [0.25, 0.3) is 11.1 Å². The SMILES string of the molecule is CS(=O)N[C@@H]1[C@H](Cc2cccc(-c3cc(F)cc(F)c3)c2F)N(C(=O)OC(C)(C)C)CC1(F)F. The van der Waals surface area contributed by atoms with Gasteiger partial charge in [-0.1, -0.05) is 18.2 Å². The Morgan fingerprint density at radius 3 is 2.35 bits per heavy atom. The van der Waals surface area contributed by atoms with E-state index in [-0.39, 0.29) is 23.1 Å². The maximum atomic E-state index is 15.4. The summed E-state index contributed by atoms with van der Waals surface area (Å²) < 4.78 is 91.8. The van der Waals surface area contributed by atoms with E-state index >= 15 is 4.39 Å². The quantitative estimate of drug-likeness (QED) is 0.594. The summed E-state index contributed by atoms with van der Waals surface area (Å²) in [6.07, 6.45) is -0.239. The largest absolute Gasteiger partial charge is 0.444 e. The van der Waals surface area contributed by atoms with E-state index in [4.69, 9.17) is 4.74 Å².